The number of imidazole rings is 1. The third kappa shape index (κ3) is 2.10. The number of aryl methyl sites for hydroxylation is 1. The number of rotatable bonds is 3. The number of aromatic nitrogens is 2. The molecule has 0 radical (unpaired) electrons. The Morgan fingerprint density at radius 3 is 2.85 bits per heavy atom. The second-order valence-electron chi connectivity index (χ2n) is 2.91. The topological polar surface area (TPSA) is 41.6 Å². The Bertz CT molecular complexity index is 335. The van der Waals surface area contributed by atoms with E-state index in [1.54, 1.807) is 0 Å². The first-order valence-corrected chi connectivity index (χ1v) is 5.06. The van der Waals surface area contributed by atoms with Gasteiger partial charge in [-0.15, -0.1) is 0 Å². The van der Waals surface area contributed by atoms with Crippen LogP contribution >= 0.6 is 15.9 Å². The highest BCUT2D eigenvalue weighted by Gasteiger charge is 2.10. The summed E-state index contributed by atoms with van der Waals surface area (Å²) in [6, 6.07) is 2.13. The summed E-state index contributed by atoms with van der Waals surface area (Å²) >= 11 is 3.36. The van der Waals surface area contributed by atoms with Crippen LogP contribution in [0.1, 0.15) is 24.9 Å². The Morgan fingerprint density at radius 1 is 1.62 bits per heavy atom. The van der Waals surface area contributed by atoms with Gasteiger partial charge in [-0.2, -0.15) is 5.26 Å². The first-order chi connectivity index (χ1) is 6.20. The van der Waals surface area contributed by atoms with Crippen molar-refractivity contribution in [2.45, 2.75) is 26.2 Å². The highest BCUT2D eigenvalue weighted by molar-refractivity contribution is 9.10. The van der Waals surface area contributed by atoms with E-state index in [1.165, 1.54) is 0 Å². The van der Waals surface area contributed by atoms with Crippen LogP contribution in [0.15, 0.2) is 4.60 Å². The molecule has 0 aliphatic heterocycles. The second kappa shape index (κ2) is 4.43. The summed E-state index contributed by atoms with van der Waals surface area (Å²) in [5, 5.41) is 8.60. The lowest BCUT2D eigenvalue weighted by Crippen LogP contribution is -2.01. The van der Waals surface area contributed by atoms with Crippen LogP contribution in [0, 0.1) is 11.3 Å². The van der Waals surface area contributed by atoms with E-state index >= 15 is 0 Å². The van der Waals surface area contributed by atoms with Crippen LogP contribution in [-0.2, 0) is 19.9 Å². The van der Waals surface area contributed by atoms with Gasteiger partial charge in [-0.1, -0.05) is 6.92 Å². The van der Waals surface area contributed by atoms with Crippen molar-refractivity contribution in [2.75, 3.05) is 0 Å². The molecule has 1 aromatic rings. The van der Waals surface area contributed by atoms with Crippen molar-refractivity contribution in [1.82, 2.24) is 9.55 Å². The second-order valence-corrected chi connectivity index (χ2v) is 3.66. The van der Waals surface area contributed by atoms with E-state index in [0.29, 0.717) is 6.42 Å². The fourth-order valence-electron chi connectivity index (χ4n) is 1.26. The van der Waals surface area contributed by atoms with Gasteiger partial charge in [-0.25, -0.2) is 4.98 Å². The van der Waals surface area contributed by atoms with Crippen molar-refractivity contribution >= 4 is 15.9 Å². The van der Waals surface area contributed by atoms with Gasteiger partial charge in [-0.3, -0.25) is 0 Å². The molecular weight excluding hydrogens is 230 g/mol. The summed E-state index contributed by atoms with van der Waals surface area (Å²) < 4.78 is 2.80. The number of nitrogens with zero attached hydrogens (tertiary/aromatic N) is 3. The van der Waals surface area contributed by atoms with E-state index in [1.807, 2.05) is 11.6 Å². The van der Waals surface area contributed by atoms with Gasteiger partial charge >= 0.3 is 0 Å². The molecule has 0 fully saturated rings. The third-order valence-corrected chi connectivity index (χ3v) is 2.61. The lowest BCUT2D eigenvalue weighted by atomic mass is 10.3. The lowest BCUT2D eigenvalue weighted by Gasteiger charge is -2.01. The minimum absolute atomic E-state index is 0.411. The molecule has 3 nitrogen and oxygen atoms in total. The molecule has 0 saturated heterocycles. The number of nitriles is 1. The van der Waals surface area contributed by atoms with Crippen LogP contribution in [0.2, 0.25) is 0 Å². The van der Waals surface area contributed by atoms with Gasteiger partial charge in [0.25, 0.3) is 0 Å². The molecule has 0 amide bonds. The normalized spacial score (nSPS) is 10.0. The fourth-order valence-corrected chi connectivity index (χ4v) is 1.87. The monoisotopic (exact) mass is 241 g/mol. The van der Waals surface area contributed by atoms with E-state index < -0.39 is 0 Å². The third-order valence-electron chi connectivity index (χ3n) is 1.98. The van der Waals surface area contributed by atoms with Crippen molar-refractivity contribution in [3.8, 4) is 6.07 Å². The predicted octanol–water partition coefficient (Wildman–Crippen LogP) is 2.20. The van der Waals surface area contributed by atoms with E-state index in [2.05, 4.69) is 33.9 Å². The molecule has 1 rings (SSSR count). The average Bonchev–Trinajstić information content (AvgIpc) is 2.34. The van der Waals surface area contributed by atoms with Crippen LogP contribution in [0.3, 0.4) is 0 Å². The summed E-state index contributed by atoms with van der Waals surface area (Å²) in [6.07, 6.45) is 2.44. The van der Waals surface area contributed by atoms with Crippen LogP contribution in [-0.4, -0.2) is 9.55 Å². The Hall–Kier alpha value is -0.820. The molecule has 13 heavy (non-hydrogen) atoms. The van der Waals surface area contributed by atoms with Crippen molar-refractivity contribution in [1.29, 1.82) is 5.26 Å². The summed E-state index contributed by atoms with van der Waals surface area (Å²) in [5.41, 5.74) is 0.964. The van der Waals surface area contributed by atoms with Crippen LogP contribution < -0.4 is 0 Å². The van der Waals surface area contributed by atoms with Crippen LogP contribution in [0.4, 0.5) is 0 Å². The summed E-state index contributed by atoms with van der Waals surface area (Å²) in [6.45, 7) is 2.12. The molecule has 0 spiro atoms. The maximum Gasteiger partial charge on any atom is 0.128 e. The largest absolute Gasteiger partial charge is 0.333 e. The molecule has 0 aliphatic carbocycles. The standard InChI is InChI=1S/C9H12BrN3/c1-3-4-8-12-9(10)7(5-6-11)13(8)2/h3-5H2,1-2H3. The molecule has 70 valence electrons. The predicted molar refractivity (Wildman–Crippen MR) is 54.2 cm³/mol. The zero-order valence-corrected chi connectivity index (χ0v) is 9.43. The van der Waals surface area contributed by atoms with Crippen molar-refractivity contribution in [2.24, 2.45) is 7.05 Å². The maximum absolute atomic E-state index is 8.60. The molecule has 0 saturated carbocycles. The molecule has 0 aromatic carbocycles. The summed E-state index contributed by atoms with van der Waals surface area (Å²) in [7, 11) is 1.95. The molecule has 1 aromatic heterocycles. The van der Waals surface area contributed by atoms with Crippen LogP contribution in [0.5, 0.6) is 0 Å². The van der Waals surface area contributed by atoms with Crippen molar-refractivity contribution in [3.63, 3.8) is 0 Å². The maximum atomic E-state index is 8.60. The van der Waals surface area contributed by atoms with Gasteiger partial charge in [0.15, 0.2) is 0 Å². The van der Waals surface area contributed by atoms with Gasteiger partial charge in [0, 0.05) is 13.5 Å². The minimum Gasteiger partial charge on any atom is -0.333 e. The number of hydrogen-bond donors (Lipinski definition) is 0. The van der Waals surface area contributed by atoms with Crippen molar-refractivity contribution < 1.29 is 0 Å². The van der Waals surface area contributed by atoms with Gasteiger partial charge in [0.05, 0.1) is 18.2 Å². The minimum atomic E-state index is 0.411. The average molecular weight is 242 g/mol. The van der Waals surface area contributed by atoms with Gasteiger partial charge in [0.2, 0.25) is 0 Å². The molecule has 4 heteroatoms. The van der Waals surface area contributed by atoms with Gasteiger partial charge < -0.3 is 4.57 Å². The molecule has 0 aliphatic rings. The first-order valence-electron chi connectivity index (χ1n) is 4.27. The van der Waals surface area contributed by atoms with Crippen molar-refractivity contribution in [3.05, 3.63) is 16.1 Å². The smallest absolute Gasteiger partial charge is 0.128 e. The summed E-state index contributed by atoms with van der Waals surface area (Å²) in [5.74, 6) is 1.04. The van der Waals surface area contributed by atoms with E-state index in [0.717, 1.165) is 29.0 Å². The Kier molecular flexibility index (Phi) is 3.49. The summed E-state index contributed by atoms with van der Waals surface area (Å²) in [4.78, 5) is 4.35. The highest BCUT2D eigenvalue weighted by Crippen LogP contribution is 2.17. The van der Waals surface area contributed by atoms with E-state index in [9.17, 15) is 0 Å². The lowest BCUT2D eigenvalue weighted by molar-refractivity contribution is 0.738. The molecule has 1 heterocycles. The molecule has 0 atom stereocenters. The Labute approximate surface area is 86.5 Å². The number of halogens is 1. The molecular formula is C9H12BrN3. The molecule has 0 N–H and O–H groups in total. The Balaban J connectivity index is 3.01. The van der Waals surface area contributed by atoms with Gasteiger partial charge in [0.1, 0.15) is 10.4 Å². The zero-order chi connectivity index (χ0) is 9.84. The Morgan fingerprint density at radius 2 is 2.31 bits per heavy atom. The van der Waals surface area contributed by atoms with E-state index in [4.69, 9.17) is 5.26 Å². The zero-order valence-electron chi connectivity index (χ0n) is 7.84. The number of hydrogen-bond acceptors (Lipinski definition) is 2. The van der Waals surface area contributed by atoms with Crippen LogP contribution in [0.25, 0.3) is 0 Å². The first kappa shape index (κ1) is 10.3. The molecule has 0 unspecified atom stereocenters. The SMILES string of the molecule is CCCc1nc(Br)c(CC#N)n1C. The fraction of sp³-hybridized carbons (Fsp3) is 0.556. The molecule has 0 bridgehead atoms. The van der Waals surface area contributed by atoms with Gasteiger partial charge in [-0.05, 0) is 22.4 Å². The highest BCUT2D eigenvalue weighted by atomic mass is 79.9. The quantitative estimate of drug-likeness (QED) is 0.815. The van der Waals surface area contributed by atoms with E-state index in [-0.39, 0.29) is 0 Å².